The number of hydrogen-bond acceptors (Lipinski definition) is 4. The van der Waals surface area contributed by atoms with Gasteiger partial charge in [-0.05, 0) is 80.8 Å². The van der Waals surface area contributed by atoms with Crippen molar-refractivity contribution in [2.24, 2.45) is 0 Å². The Labute approximate surface area is 207 Å². The number of hydrogen-bond donors (Lipinski definition) is 2. The maximum Gasteiger partial charge on any atom is 0.263 e. The summed E-state index contributed by atoms with van der Waals surface area (Å²) in [5, 5.41) is 2.89. The SMILES string of the molecule is CCN(CC)c1ccc(CNC(=O)c2ccc(Cl)c(S(=O)(=O)Nc3cc(C)ccc3C)c2)cc1. The zero-order valence-corrected chi connectivity index (χ0v) is 21.4. The van der Waals surface area contributed by atoms with Crippen molar-refractivity contribution >= 4 is 38.9 Å². The summed E-state index contributed by atoms with van der Waals surface area (Å²) in [5.74, 6) is -0.382. The van der Waals surface area contributed by atoms with E-state index in [0.717, 1.165) is 35.5 Å². The first-order valence-corrected chi connectivity index (χ1v) is 13.0. The van der Waals surface area contributed by atoms with Gasteiger partial charge in [0.15, 0.2) is 0 Å². The van der Waals surface area contributed by atoms with Crippen molar-refractivity contribution in [1.82, 2.24) is 5.32 Å². The van der Waals surface area contributed by atoms with Crippen LogP contribution in [0, 0.1) is 13.8 Å². The number of nitrogens with one attached hydrogen (secondary N) is 2. The third-order valence-electron chi connectivity index (χ3n) is 5.64. The van der Waals surface area contributed by atoms with E-state index in [4.69, 9.17) is 11.6 Å². The lowest BCUT2D eigenvalue weighted by molar-refractivity contribution is 0.0950. The van der Waals surface area contributed by atoms with Crippen molar-refractivity contribution in [3.63, 3.8) is 0 Å². The molecular weight excluding hydrogens is 470 g/mol. The molecule has 2 N–H and O–H groups in total. The van der Waals surface area contributed by atoms with Crippen molar-refractivity contribution in [2.45, 2.75) is 39.1 Å². The molecule has 0 aromatic heterocycles. The summed E-state index contributed by atoms with van der Waals surface area (Å²) in [6.45, 7) is 10.1. The maximum absolute atomic E-state index is 13.0. The standard InChI is InChI=1S/C26H30ClN3O3S/c1-5-30(6-2)22-12-9-20(10-13-22)17-28-26(31)21-11-14-23(27)25(16-21)34(32,33)29-24-15-18(3)7-8-19(24)4/h7-16,29H,5-6,17H2,1-4H3,(H,28,31). The predicted molar refractivity (Wildman–Crippen MR) is 139 cm³/mol. The van der Waals surface area contributed by atoms with E-state index in [1.54, 1.807) is 6.07 Å². The fourth-order valence-electron chi connectivity index (χ4n) is 3.59. The molecule has 0 aliphatic heterocycles. The predicted octanol–water partition coefficient (Wildman–Crippen LogP) is 5.53. The highest BCUT2D eigenvalue weighted by Gasteiger charge is 2.21. The van der Waals surface area contributed by atoms with Crippen molar-refractivity contribution in [3.8, 4) is 0 Å². The van der Waals surface area contributed by atoms with Gasteiger partial charge in [0.2, 0.25) is 0 Å². The Hall–Kier alpha value is -3.03. The fraction of sp³-hybridized carbons (Fsp3) is 0.269. The van der Waals surface area contributed by atoms with Crippen LogP contribution in [0.1, 0.15) is 40.9 Å². The Balaban J connectivity index is 1.75. The van der Waals surface area contributed by atoms with Gasteiger partial charge in [-0.25, -0.2) is 8.42 Å². The first kappa shape index (κ1) is 25.6. The number of benzene rings is 3. The minimum Gasteiger partial charge on any atom is -0.372 e. The smallest absolute Gasteiger partial charge is 0.263 e. The van der Waals surface area contributed by atoms with Crippen LogP contribution in [-0.2, 0) is 16.6 Å². The van der Waals surface area contributed by atoms with Gasteiger partial charge in [0, 0.05) is 30.9 Å². The van der Waals surface area contributed by atoms with Crippen LogP contribution in [0.4, 0.5) is 11.4 Å². The van der Waals surface area contributed by atoms with Gasteiger partial charge in [-0.3, -0.25) is 9.52 Å². The molecule has 34 heavy (non-hydrogen) atoms. The number of sulfonamides is 1. The van der Waals surface area contributed by atoms with Crippen LogP contribution >= 0.6 is 11.6 Å². The van der Waals surface area contributed by atoms with Gasteiger partial charge in [0.25, 0.3) is 15.9 Å². The van der Waals surface area contributed by atoms with Crippen LogP contribution in [0.2, 0.25) is 5.02 Å². The quantitative estimate of drug-likeness (QED) is 0.405. The largest absolute Gasteiger partial charge is 0.372 e. The van der Waals surface area contributed by atoms with E-state index < -0.39 is 10.0 Å². The number of amides is 1. The van der Waals surface area contributed by atoms with Crippen molar-refractivity contribution in [1.29, 1.82) is 0 Å². The average molecular weight is 500 g/mol. The van der Waals surface area contributed by atoms with Gasteiger partial charge in [-0.2, -0.15) is 0 Å². The van der Waals surface area contributed by atoms with E-state index in [9.17, 15) is 13.2 Å². The zero-order valence-electron chi connectivity index (χ0n) is 19.9. The molecule has 0 saturated carbocycles. The Kier molecular flexibility index (Phi) is 8.23. The van der Waals surface area contributed by atoms with Crippen molar-refractivity contribution < 1.29 is 13.2 Å². The summed E-state index contributed by atoms with van der Waals surface area (Å²) < 4.78 is 28.7. The third kappa shape index (κ3) is 6.10. The van der Waals surface area contributed by atoms with Crippen LogP contribution in [0.5, 0.6) is 0 Å². The lowest BCUT2D eigenvalue weighted by atomic mass is 10.1. The molecule has 180 valence electrons. The fourth-order valence-corrected chi connectivity index (χ4v) is 5.24. The lowest BCUT2D eigenvalue weighted by Gasteiger charge is -2.21. The molecule has 0 saturated heterocycles. The highest BCUT2D eigenvalue weighted by Crippen LogP contribution is 2.27. The Morgan fingerprint density at radius 1 is 0.941 bits per heavy atom. The number of rotatable bonds is 9. The maximum atomic E-state index is 13.0. The second kappa shape index (κ2) is 10.9. The molecule has 0 fully saturated rings. The third-order valence-corrected chi connectivity index (χ3v) is 7.49. The number of aryl methyl sites for hydroxylation is 2. The second-order valence-electron chi connectivity index (χ2n) is 8.09. The molecule has 0 bridgehead atoms. The second-order valence-corrected chi connectivity index (χ2v) is 10.1. The van der Waals surface area contributed by atoms with E-state index in [2.05, 4.69) is 28.8 Å². The molecule has 0 aliphatic rings. The minimum absolute atomic E-state index is 0.0429. The molecule has 6 nitrogen and oxygen atoms in total. The van der Waals surface area contributed by atoms with Gasteiger partial charge in [-0.1, -0.05) is 35.9 Å². The molecule has 0 aliphatic carbocycles. The van der Waals surface area contributed by atoms with Crippen LogP contribution in [0.3, 0.4) is 0 Å². The Bertz CT molecular complexity index is 1270. The molecular formula is C26H30ClN3O3S. The van der Waals surface area contributed by atoms with E-state index in [1.165, 1.54) is 18.2 Å². The van der Waals surface area contributed by atoms with E-state index in [-0.39, 0.29) is 21.4 Å². The number of nitrogens with zero attached hydrogens (tertiary/aromatic N) is 1. The molecule has 3 aromatic carbocycles. The van der Waals surface area contributed by atoms with Crippen molar-refractivity contribution in [3.05, 3.63) is 87.9 Å². The molecule has 0 spiro atoms. The first-order chi connectivity index (χ1) is 16.1. The Morgan fingerprint density at radius 3 is 2.26 bits per heavy atom. The van der Waals surface area contributed by atoms with Gasteiger partial charge >= 0.3 is 0 Å². The van der Waals surface area contributed by atoms with E-state index >= 15 is 0 Å². The molecule has 3 rings (SSSR count). The van der Waals surface area contributed by atoms with Crippen LogP contribution < -0.4 is 14.9 Å². The highest BCUT2D eigenvalue weighted by molar-refractivity contribution is 7.92. The molecule has 8 heteroatoms. The number of halogens is 1. The Morgan fingerprint density at radius 2 is 1.62 bits per heavy atom. The summed E-state index contributed by atoms with van der Waals surface area (Å²) in [6, 6.07) is 17.7. The summed E-state index contributed by atoms with van der Waals surface area (Å²) in [5.41, 5.74) is 4.47. The van der Waals surface area contributed by atoms with E-state index in [1.807, 2.05) is 50.2 Å². The van der Waals surface area contributed by atoms with Crippen molar-refractivity contribution in [2.75, 3.05) is 22.7 Å². The molecule has 0 atom stereocenters. The minimum atomic E-state index is -3.99. The highest BCUT2D eigenvalue weighted by atomic mass is 35.5. The van der Waals surface area contributed by atoms with Gasteiger partial charge in [-0.15, -0.1) is 0 Å². The lowest BCUT2D eigenvalue weighted by Crippen LogP contribution is -2.24. The monoisotopic (exact) mass is 499 g/mol. The van der Waals surface area contributed by atoms with Crippen LogP contribution in [-0.4, -0.2) is 27.4 Å². The first-order valence-electron chi connectivity index (χ1n) is 11.2. The average Bonchev–Trinajstić information content (AvgIpc) is 2.81. The molecule has 0 heterocycles. The number of carbonyl (C=O) groups is 1. The zero-order chi connectivity index (χ0) is 24.9. The summed E-state index contributed by atoms with van der Waals surface area (Å²) in [6.07, 6.45) is 0. The summed E-state index contributed by atoms with van der Waals surface area (Å²) >= 11 is 6.21. The molecule has 0 unspecified atom stereocenters. The van der Waals surface area contributed by atoms with Crippen LogP contribution in [0.15, 0.2) is 65.6 Å². The number of carbonyl (C=O) groups excluding carboxylic acids is 1. The summed E-state index contributed by atoms with van der Waals surface area (Å²) in [4.78, 5) is 14.8. The van der Waals surface area contributed by atoms with Crippen LogP contribution in [0.25, 0.3) is 0 Å². The molecule has 1 amide bonds. The van der Waals surface area contributed by atoms with E-state index in [0.29, 0.717) is 12.2 Å². The van der Waals surface area contributed by atoms with Gasteiger partial charge in [0.1, 0.15) is 4.90 Å². The summed E-state index contributed by atoms with van der Waals surface area (Å²) in [7, 11) is -3.99. The topological polar surface area (TPSA) is 78.5 Å². The molecule has 0 radical (unpaired) electrons. The van der Waals surface area contributed by atoms with Gasteiger partial charge in [0.05, 0.1) is 10.7 Å². The van der Waals surface area contributed by atoms with Gasteiger partial charge < -0.3 is 10.2 Å². The molecule has 3 aromatic rings. The number of anilines is 2. The normalized spacial score (nSPS) is 11.2.